The van der Waals surface area contributed by atoms with Crippen molar-refractivity contribution in [1.82, 2.24) is 14.8 Å². The summed E-state index contributed by atoms with van der Waals surface area (Å²) in [6.45, 7) is 1.70. The minimum absolute atomic E-state index is 0.232. The van der Waals surface area contributed by atoms with Gasteiger partial charge in [-0.2, -0.15) is 4.98 Å². The normalized spacial score (nSPS) is 16.0. The van der Waals surface area contributed by atoms with Gasteiger partial charge >= 0.3 is 0 Å². The standard InChI is InChI=1S/C19H15ClFN5O/c1-10-15(17(22)27)16(13-7-2-3-8-14(13)21)26-19(23-10)24-18(25-26)11-5-4-6-12(20)9-11/h2-9,16H,1H3,(H2,22,27)(H,23,24,25)/t16-/m0/s1. The number of nitrogens with one attached hydrogen (secondary N) is 1. The molecule has 0 saturated heterocycles. The van der Waals surface area contributed by atoms with Crippen molar-refractivity contribution in [3.63, 3.8) is 0 Å². The van der Waals surface area contributed by atoms with Crippen LogP contribution in [0.4, 0.5) is 10.3 Å². The summed E-state index contributed by atoms with van der Waals surface area (Å²) in [6, 6.07) is 12.5. The molecule has 2 aromatic carbocycles. The third-order valence-electron chi connectivity index (χ3n) is 4.40. The first-order valence-electron chi connectivity index (χ1n) is 8.20. The van der Waals surface area contributed by atoms with E-state index in [0.29, 0.717) is 28.1 Å². The highest BCUT2D eigenvalue weighted by molar-refractivity contribution is 6.30. The lowest BCUT2D eigenvalue weighted by Crippen LogP contribution is -2.32. The Labute approximate surface area is 159 Å². The van der Waals surface area contributed by atoms with Crippen LogP contribution in [0.5, 0.6) is 0 Å². The van der Waals surface area contributed by atoms with Crippen LogP contribution in [0.2, 0.25) is 5.02 Å². The first-order valence-corrected chi connectivity index (χ1v) is 8.58. The first kappa shape index (κ1) is 17.2. The number of hydrogen-bond donors (Lipinski definition) is 2. The summed E-state index contributed by atoms with van der Waals surface area (Å²) < 4.78 is 16.0. The second-order valence-electron chi connectivity index (χ2n) is 6.17. The van der Waals surface area contributed by atoms with Crippen LogP contribution in [-0.2, 0) is 4.79 Å². The molecule has 0 fully saturated rings. The molecule has 8 heteroatoms. The van der Waals surface area contributed by atoms with Gasteiger partial charge in [0.25, 0.3) is 0 Å². The number of primary amides is 1. The molecule has 0 spiro atoms. The Morgan fingerprint density at radius 2 is 2.04 bits per heavy atom. The van der Waals surface area contributed by atoms with E-state index in [1.165, 1.54) is 10.7 Å². The molecular formula is C19H15ClFN5O. The van der Waals surface area contributed by atoms with Crippen LogP contribution in [0.15, 0.2) is 59.8 Å². The maximum absolute atomic E-state index is 14.5. The third kappa shape index (κ3) is 2.96. The fraction of sp³-hybridized carbons (Fsp3) is 0.105. The highest BCUT2D eigenvalue weighted by Crippen LogP contribution is 2.37. The molecule has 0 unspecified atom stereocenters. The Morgan fingerprint density at radius 1 is 1.26 bits per heavy atom. The van der Waals surface area contributed by atoms with Crippen molar-refractivity contribution in [3.8, 4) is 11.4 Å². The number of anilines is 1. The number of aromatic nitrogens is 3. The van der Waals surface area contributed by atoms with Crippen molar-refractivity contribution in [2.24, 2.45) is 5.73 Å². The topological polar surface area (TPSA) is 85.8 Å². The molecule has 2 heterocycles. The van der Waals surface area contributed by atoms with E-state index in [1.54, 1.807) is 43.3 Å². The first-order chi connectivity index (χ1) is 13.0. The van der Waals surface area contributed by atoms with Crippen molar-refractivity contribution in [1.29, 1.82) is 0 Å². The van der Waals surface area contributed by atoms with Crippen molar-refractivity contribution in [2.45, 2.75) is 13.0 Å². The minimum Gasteiger partial charge on any atom is -0.366 e. The van der Waals surface area contributed by atoms with Crippen LogP contribution in [0.3, 0.4) is 0 Å². The summed E-state index contributed by atoms with van der Waals surface area (Å²) in [5, 5.41) is 8.08. The lowest BCUT2D eigenvalue weighted by atomic mass is 9.95. The van der Waals surface area contributed by atoms with Crippen LogP contribution in [0, 0.1) is 5.82 Å². The number of amides is 1. The van der Waals surface area contributed by atoms with E-state index >= 15 is 0 Å². The highest BCUT2D eigenvalue weighted by atomic mass is 35.5. The molecule has 1 atom stereocenters. The van der Waals surface area contributed by atoms with Gasteiger partial charge in [0.05, 0.1) is 5.57 Å². The maximum atomic E-state index is 14.5. The van der Waals surface area contributed by atoms with Gasteiger partial charge in [-0.25, -0.2) is 9.07 Å². The molecule has 0 aliphatic carbocycles. The smallest absolute Gasteiger partial charge is 0.248 e. The molecule has 1 aromatic heterocycles. The third-order valence-corrected chi connectivity index (χ3v) is 4.64. The van der Waals surface area contributed by atoms with E-state index in [-0.39, 0.29) is 11.1 Å². The second-order valence-corrected chi connectivity index (χ2v) is 6.60. The number of nitrogens with zero attached hydrogens (tertiary/aromatic N) is 3. The largest absolute Gasteiger partial charge is 0.366 e. The Morgan fingerprint density at radius 3 is 2.74 bits per heavy atom. The van der Waals surface area contributed by atoms with Gasteiger partial charge in [-0.05, 0) is 25.1 Å². The van der Waals surface area contributed by atoms with E-state index in [0.717, 1.165) is 0 Å². The highest BCUT2D eigenvalue weighted by Gasteiger charge is 2.34. The molecule has 1 amide bonds. The maximum Gasteiger partial charge on any atom is 0.248 e. The number of allylic oxidation sites excluding steroid dienone is 1. The molecule has 4 rings (SSSR count). The van der Waals surface area contributed by atoms with E-state index in [2.05, 4.69) is 15.4 Å². The number of fused-ring (bicyclic) bond motifs is 1. The molecule has 27 heavy (non-hydrogen) atoms. The summed E-state index contributed by atoms with van der Waals surface area (Å²) in [6.07, 6.45) is 0. The number of rotatable bonds is 3. The molecule has 136 valence electrons. The zero-order valence-corrected chi connectivity index (χ0v) is 15.0. The Balaban J connectivity index is 1.92. The fourth-order valence-corrected chi connectivity index (χ4v) is 3.39. The number of carbonyl (C=O) groups is 1. The van der Waals surface area contributed by atoms with Gasteiger partial charge < -0.3 is 11.1 Å². The van der Waals surface area contributed by atoms with Crippen LogP contribution in [-0.4, -0.2) is 20.7 Å². The van der Waals surface area contributed by atoms with E-state index in [9.17, 15) is 9.18 Å². The summed E-state index contributed by atoms with van der Waals surface area (Å²) in [4.78, 5) is 16.6. The van der Waals surface area contributed by atoms with Crippen molar-refractivity contribution in [3.05, 3.63) is 76.2 Å². The zero-order valence-electron chi connectivity index (χ0n) is 14.3. The molecular weight excluding hydrogens is 369 g/mol. The van der Waals surface area contributed by atoms with Gasteiger partial charge in [0, 0.05) is 21.8 Å². The van der Waals surface area contributed by atoms with Crippen molar-refractivity contribution >= 4 is 23.5 Å². The van der Waals surface area contributed by atoms with Gasteiger partial charge in [0.15, 0.2) is 5.82 Å². The predicted octanol–water partition coefficient (Wildman–Crippen LogP) is 3.51. The number of carbonyl (C=O) groups excluding carboxylic acids is 1. The Kier molecular flexibility index (Phi) is 4.16. The van der Waals surface area contributed by atoms with Crippen LogP contribution in [0.25, 0.3) is 11.4 Å². The summed E-state index contributed by atoms with van der Waals surface area (Å²) in [7, 11) is 0. The Hall–Kier alpha value is -3.19. The number of benzene rings is 2. The van der Waals surface area contributed by atoms with Gasteiger partial charge in [-0.3, -0.25) is 4.79 Å². The van der Waals surface area contributed by atoms with E-state index in [1.807, 2.05) is 6.07 Å². The quantitative estimate of drug-likeness (QED) is 0.724. The van der Waals surface area contributed by atoms with Gasteiger partial charge in [-0.15, -0.1) is 5.10 Å². The summed E-state index contributed by atoms with van der Waals surface area (Å²) >= 11 is 6.06. The number of hydrogen-bond acceptors (Lipinski definition) is 4. The van der Waals surface area contributed by atoms with E-state index < -0.39 is 17.8 Å². The molecule has 3 N–H and O–H groups in total. The SMILES string of the molecule is CC1=C(C(N)=O)[C@H](c2ccccc2F)n2nc(-c3cccc(Cl)c3)nc2N1. The van der Waals surface area contributed by atoms with E-state index in [4.69, 9.17) is 17.3 Å². The monoisotopic (exact) mass is 383 g/mol. The van der Waals surface area contributed by atoms with Crippen molar-refractivity contribution in [2.75, 3.05) is 5.32 Å². The average Bonchev–Trinajstić information content (AvgIpc) is 3.04. The molecule has 0 bridgehead atoms. The molecule has 3 aromatic rings. The van der Waals surface area contributed by atoms with Crippen molar-refractivity contribution < 1.29 is 9.18 Å². The van der Waals surface area contributed by atoms with Gasteiger partial charge in [0.2, 0.25) is 11.9 Å². The fourth-order valence-electron chi connectivity index (χ4n) is 3.20. The van der Waals surface area contributed by atoms with Crippen LogP contribution >= 0.6 is 11.6 Å². The molecule has 0 radical (unpaired) electrons. The lowest BCUT2D eigenvalue weighted by molar-refractivity contribution is -0.115. The molecule has 6 nitrogen and oxygen atoms in total. The molecule has 0 saturated carbocycles. The van der Waals surface area contributed by atoms with Crippen LogP contribution in [0.1, 0.15) is 18.5 Å². The average molecular weight is 384 g/mol. The number of halogens is 2. The second kappa shape index (κ2) is 6.51. The van der Waals surface area contributed by atoms with Gasteiger partial charge in [-0.1, -0.05) is 41.9 Å². The van der Waals surface area contributed by atoms with Gasteiger partial charge in [0.1, 0.15) is 11.9 Å². The zero-order chi connectivity index (χ0) is 19.1. The molecule has 1 aliphatic heterocycles. The Bertz CT molecular complexity index is 1090. The predicted molar refractivity (Wildman–Crippen MR) is 101 cm³/mol. The molecule has 1 aliphatic rings. The number of nitrogens with two attached hydrogens (primary N) is 1. The summed E-state index contributed by atoms with van der Waals surface area (Å²) in [5.74, 6) is -0.319. The lowest BCUT2D eigenvalue weighted by Gasteiger charge is -2.27. The summed E-state index contributed by atoms with van der Waals surface area (Å²) in [5.41, 5.74) is 7.32. The minimum atomic E-state index is -0.819. The van der Waals surface area contributed by atoms with Crippen LogP contribution < -0.4 is 11.1 Å².